The molecule has 2 bridgehead atoms. The number of rotatable bonds is 3. The van der Waals surface area contributed by atoms with Gasteiger partial charge in [0.2, 0.25) is 5.88 Å². The predicted molar refractivity (Wildman–Crippen MR) is 64.4 cm³/mol. The number of nitrogens with one attached hydrogen (secondary N) is 1. The lowest BCUT2D eigenvalue weighted by molar-refractivity contribution is 0.136. The van der Waals surface area contributed by atoms with Crippen LogP contribution in [-0.4, -0.2) is 30.3 Å². The standard InChI is InChI=1S/C13H18N2O2/c1-16-13-5-4-11(8-14-13)17-12-6-9-2-3-10(7-12)15-9/h4-5,8-10,12,15H,2-3,6-7H2,1H3. The van der Waals surface area contributed by atoms with Crippen LogP contribution in [0.5, 0.6) is 11.6 Å². The van der Waals surface area contributed by atoms with Crippen molar-refractivity contribution in [2.45, 2.75) is 43.9 Å². The normalized spacial score (nSPS) is 31.2. The molecular weight excluding hydrogens is 216 g/mol. The Morgan fingerprint density at radius 1 is 1.24 bits per heavy atom. The largest absolute Gasteiger partial charge is 0.489 e. The van der Waals surface area contributed by atoms with E-state index < -0.39 is 0 Å². The highest BCUT2D eigenvalue weighted by Gasteiger charge is 2.34. The molecule has 92 valence electrons. The number of hydrogen-bond donors (Lipinski definition) is 1. The van der Waals surface area contributed by atoms with Crippen LogP contribution in [0.2, 0.25) is 0 Å². The summed E-state index contributed by atoms with van der Waals surface area (Å²) in [6.07, 6.45) is 6.90. The van der Waals surface area contributed by atoms with Crippen LogP contribution in [0.25, 0.3) is 0 Å². The van der Waals surface area contributed by atoms with Crippen LogP contribution in [-0.2, 0) is 0 Å². The highest BCUT2D eigenvalue weighted by Crippen LogP contribution is 2.29. The highest BCUT2D eigenvalue weighted by molar-refractivity contribution is 5.23. The van der Waals surface area contributed by atoms with Gasteiger partial charge < -0.3 is 14.8 Å². The average Bonchev–Trinajstić information content (AvgIpc) is 2.70. The Bertz CT molecular complexity index is 368. The van der Waals surface area contributed by atoms with Crippen LogP contribution in [0.15, 0.2) is 18.3 Å². The third kappa shape index (κ3) is 2.36. The minimum Gasteiger partial charge on any atom is -0.489 e. The van der Waals surface area contributed by atoms with Gasteiger partial charge in [-0.2, -0.15) is 0 Å². The Balaban J connectivity index is 1.62. The number of fused-ring (bicyclic) bond motifs is 2. The second kappa shape index (κ2) is 4.53. The van der Waals surface area contributed by atoms with Crippen molar-refractivity contribution in [2.24, 2.45) is 0 Å². The molecule has 2 unspecified atom stereocenters. The van der Waals surface area contributed by atoms with Gasteiger partial charge in [0.25, 0.3) is 0 Å². The summed E-state index contributed by atoms with van der Waals surface area (Å²) in [6.45, 7) is 0. The molecule has 0 radical (unpaired) electrons. The van der Waals surface area contributed by atoms with E-state index in [0.29, 0.717) is 24.1 Å². The second-order valence-electron chi connectivity index (χ2n) is 4.89. The zero-order chi connectivity index (χ0) is 11.7. The third-order valence-corrected chi connectivity index (χ3v) is 3.65. The first-order valence-electron chi connectivity index (χ1n) is 6.26. The Labute approximate surface area is 101 Å². The first-order chi connectivity index (χ1) is 8.33. The minimum atomic E-state index is 0.337. The van der Waals surface area contributed by atoms with Crippen molar-refractivity contribution in [2.75, 3.05) is 7.11 Å². The maximum absolute atomic E-state index is 5.98. The Hall–Kier alpha value is -1.29. The van der Waals surface area contributed by atoms with Crippen molar-refractivity contribution in [3.8, 4) is 11.6 Å². The van der Waals surface area contributed by atoms with Gasteiger partial charge in [-0.05, 0) is 31.7 Å². The molecule has 0 amide bonds. The van der Waals surface area contributed by atoms with E-state index in [-0.39, 0.29) is 0 Å². The molecule has 2 aliphatic rings. The SMILES string of the molecule is COc1ccc(OC2CC3CCC(C2)N3)cn1. The molecule has 2 fully saturated rings. The van der Waals surface area contributed by atoms with Crippen molar-refractivity contribution < 1.29 is 9.47 Å². The van der Waals surface area contributed by atoms with Gasteiger partial charge in [-0.3, -0.25) is 0 Å². The summed E-state index contributed by atoms with van der Waals surface area (Å²) in [5.74, 6) is 1.47. The summed E-state index contributed by atoms with van der Waals surface area (Å²) < 4.78 is 11.0. The average molecular weight is 234 g/mol. The number of pyridine rings is 1. The van der Waals surface area contributed by atoms with Gasteiger partial charge in [0.1, 0.15) is 11.9 Å². The summed E-state index contributed by atoms with van der Waals surface area (Å²) >= 11 is 0. The van der Waals surface area contributed by atoms with Gasteiger partial charge in [0, 0.05) is 18.2 Å². The van der Waals surface area contributed by atoms with E-state index in [9.17, 15) is 0 Å². The number of methoxy groups -OCH3 is 1. The molecule has 2 aliphatic heterocycles. The molecule has 1 N–H and O–H groups in total. The van der Waals surface area contributed by atoms with Crippen molar-refractivity contribution in [1.82, 2.24) is 10.3 Å². The zero-order valence-electron chi connectivity index (χ0n) is 10.1. The minimum absolute atomic E-state index is 0.337. The van der Waals surface area contributed by atoms with Crippen LogP contribution in [0.3, 0.4) is 0 Å². The predicted octanol–water partition coefficient (Wildman–Crippen LogP) is 1.75. The van der Waals surface area contributed by atoms with E-state index >= 15 is 0 Å². The Morgan fingerprint density at radius 3 is 2.59 bits per heavy atom. The third-order valence-electron chi connectivity index (χ3n) is 3.65. The summed E-state index contributed by atoms with van der Waals surface area (Å²) in [6, 6.07) is 5.08. The maximum Gasteiger partial charge on any atom is 0.213 e. The Morgan fingerprint density at radius 2 is 2.00 bits per heavy atom. The fourth-order valence-corrected chi connectivity index (χ4v) is 2.85. The van der Waals surface area contributed by atoms with Gasteiger partial charge >= 0.3 is 0 Å². The molecule has 3 heterocycles. The summed E-state index contributed by atoms with van der Waals surface area (Å²) in [4.78, 5) is 4.15. The smallest absolute Gasteiger partial charge is 0.213 e. The van der Waals surface area contributed by atoms with Gasteiger partial charge in [-0.15, -0.1) is 0 Å². The van der Waals surface area contributed by atoms with E-state index in [4.69, 9.17) is 9.47 Å². The van der Waals surface area contributed by atoms with Crippen molar-refractivity contribution in [1.29, 1.82) is 0 Å². The molecule has 0 aromatic carbocycles. The lowest BCUT2D eigenvalue weighted by Crippen LogP contribution is -2.42. The van der Waals surface area contributed by atoms with Crippen LogP contribution in [0.1, 0.15) is 25.7 Å². The lowest BCUT2D eigenvalue weighted by atomic mass is 10.0. The van der Waals surface area contributed by atoms with Crippen LogP contribution in [0.4, 0.5) is 0 Å². The fraction of sp³-hybridized carbons (Fsp3) is 0.615. The molecule has 1 aromatic heterocycles. The summed E-state index contributed by atoms with van der Waals surface area (Å²) in [5.41, 5.74) is 0. The quantitative estimate of drug-likeness (QED) is 0.865. The molecular formula is C13H18N2O2. The topological polar surface area (TPSA) is 43.4 Å². The van der Waals surface area contributed by atoms with E-state index in [1.165, 1.54) is 12.8 Å². The molecule has 17 heavy (non-hydrogen) atoms. The van der Waals surface area contributed by atoms with Crippen LogP contribution >= 0.6 is 0 Å². The lowest BCUT2D eigenvalue weighted by Gasteiger charge is -2.29. The molecule has 0 saturated carbocycles. The van der Waals surface area contributed by atoms with Crippen LogP contribution < -0.4 is 14.8 Å². The summed E-state index contributed by atoms with van der Waals surface area (Å²) in [7, 11) is 1.62. The first-order valence-corrected chi connectivity index (χ1v) is 6.26. The zero-order valence-corrected chi connectivity index (χ0v) is 10.1. The van der Waals surface area contributed by atoms with Crippen molar-refractivity contribution in [3.63, 3.8) is 0 Å². The number of nitrogens with zero attached hydrogens (tertiary/aromatic N) is 1. The van der Waals surface area contributed by atoms with E-state index in [1.54, 1.807) is 13.3 Å². The number of hydrogen-bond acceptors (Lipinski definition) is 4. The first kappa shape index (κ1) is 10.8. The molecule has 1 aromatic rings. The van der Waals surface area contributed by atoms with Crippen molar-refractivity contribution >= 4 is 0 Å². The van der Waals surface area contributed by atoms with Gasteiger partial charge in [-0.1, -0.05) is 0 Å². The molecule has 4 heteroatoms. The highest BCUT2D eigenvalue weighted by atomic mass is 16.5. The monoisotopic (exact) mass is 234 g/mol. The number of ether oxygens (including phenoxy) is 2. The maximum atomic E-state index is 5.98. The second-order valence-corrected chi connectivity index (χ2v) is 4.89. The number of piperidine rings is 1. The fourth-order valence-electron chi connectivity index (χ4n) is 2.85. The Kier molecular flexibility index (Phi) is 2.89. The number of aromatic nitrogens is 1. The van der Waals surface area contributed by atoms with Crippen molar-refractivity contribution in [3.05, 3.63) is 18.3 Å². The van der Waals surface area contributed by atoms with Crippen LogP contribution in [0, 0.1) is 0 Å². The molecule has 0 aliphatic carbocycles. The summed E-state index contributed by atoms with van der Waals surface area (Å²) in [5, 5.41) is 3.61. The van der Waals surface area contributed by atoms with E-state index in [0.717, 1.165) is 18.6 Å². The van der Waals surface area contributed by atoms with Gasteiger partial charge in [-0.25, -0.2) is 4.98 Å². The molecule has 2 atom stereocenters. The van der Waals surface area contributed by atoms with Gasteiger partial charge in [0.15, 0.2) is 0 Å². The molecule has 4 nitrogen and oxygen atoms in total. The van der Waals surface area contributed by atoms with Gasteiger partial charge in [0.05, 0.1) is 13.3 Å². The van der Waals surface area contributed by atoms with E-state index in [1.807, 2.05) is 12.1 Å². The molecule has 2 saturated heterocycles. The molecule has 0 spiro atoms. The molecule has 3 rings (SSSR count). The van der Waals surface area contributed by atoms with E-state index in [2.05, 4.69) is 10.3 Å².